The standard InChI is InChI=1S/C8H10N2O3/c1-13-8(12)2-3-10-5-7(6-11)4-9-10/h4-6H,2-3H2,1H3. The molecule has 0 aliphatic heterocycles. The summed E-state index contributed by atoms with van der Waals surface area (Å²) < 4.78 is 5.98. The normalized spacial score (nSPS) is 9.62. The summed E-state index contributed by atoms with van der Waals surface area (Å²) in [5.41, 5.74) is 0.505. The Hall–Kier alpha value is -1.65. The van der Waals surface area contributed by atoms with Crippen molar-refractivity contribution in [3.63, 3.8) is 0 Å². The molecule has 0 aromatic carbocycles. The molecule has 0 saturated carbocycles. The molecule has 0 amide bonds. The Kier molecular flexibility index (Phi) is 3.19. The summed E-state index contributed by atoms with van der Waals surface area (Å²) in [6, 6.07) is 0. The van der Waals surface area contributed by atoms with Gasteiger partial charge in [-0.05, 0) is 0 Å². The quantitative estimate of drug-likeness (QED) is 0.495. The minimum absolute atomic E-state index is 0.260. The van der Waals surface area contributed by atoms with Gasteiger partial charge in [-0.25, -0.2) is 0 Å². The zero-order valence-electron chi connectivity index (χ0n) is 7.27. The van der Waals surface area contributed by atoms with Gasteiger partial charge in [-0.1, -0.05) is 0 Å². The summed E-state index contributed by atoms with van der Waals surface area (Å²) in [4.78, 5) is 21.0. The molecule has 0 spiro atoms. The zero-order chi connectivity index (χ0) is 9.68. The molecule has 0 aliphatic carbocycles. The molecule has 0 atom stereocenters. The van der Waals surface area contributed by atoms with E-state index in [4.69, 9.17) is 0 Å². The first-order valence-corrected chi connectivity index (χ1v) is 3.80. The minimum atomic E-state index is -0.289. The van der Waals surface area contributed by atoms with Crippen LogP contribution in [0.25, 0.3) is 0 Å². The van der Waals surface area contributed by atoms with E-state index in [1.54, 1.807) is 6.20 Å². The fourth-order valence-electron chi connectivity index (χ4n) is 0.871. The summed E-state index contributed by atoms with van der Waals surface area (Å²) in [5.74, 6) is -0.289. The number of methoxy groups -OCH3 is 1. The van der Waals surface area contributed by atoms with E-state index in [1.807, 2.05) is 0 Å². The molecule has 5 heteroatoms. The van der Waals surface area contributed by atoms with Crippen LogP contribution in [-0.4, -0.2) is 29.1 Å². The van der Waals surface area contributed by atoms with Gasteiger partial charge < -0.3 is 4.74 Å². The number of rotatable bonds is 4. The van der Waals surface area contributed by atoms with Crippen LogP contribution in [0.1, 0.15) is 16.8 Å². The van der Waals surface area contributed by atoms with Gasteiger partial charge in [0.05, 0.1) is 31.8 Å². The molecule has 0 N–H and O–H groups in total. The van der Waals surface area contributed by atoms with Gasteiger partial charge in [-0.2, -0.15) is 5.10 Å². The lowest BCUT2D eigenvalue weighted by Crippen LogP contribution is -2.07. The Bertz CT molecular complexity index is 306. The van der Waals surface area contributed by atoms with Crippen LogP contribution in [-0.2, 0) is 16.1 Å². The van der Waals surface area contributed by atoms with E-state index < -0.39 is 0 Å². The maximum absolute atomic E-state index is 10.7. The molecule has 70 valence electrons. The van der Waals surface area contributed by atoms with Gasteiger partial charge in [-0.15, -0.1) is 0 Å². The molecule has 0 unspecified atom stereocenters. The van der Waals surface area contributed by atoms with Crippen LogP contribution < -0.4 is 0 Å². The van der Waals surface area contributed by atoms with Crippen molar-refractivity contribution in [2.75, 3.05) is 7.11 Å². The number of carbonyl (C=O) groups is 2. The van der Waals surface area contributed by atoms with Crippen LogP contribution in [0.3, 0.4) is 0 Å². The van der Waals surface area contributed by atoms with E-state index in [0.717, 1.165) is 0 Å². The van der Waals surface area contributed by atoms with Crippen molar-refractivity contribution in [1.29, 1.82) is 0 Å². The fraction of sp³-hybridized carbons (Fsp3) is 0.375. The van der Waals surface area contributed by atoms with Crippen molar-refractivity contribution in [1.82, 2.24) is 9.78 Å². The Balaban J connectivity index is 2.45. The van der Waals surface area contributed by atoms with Gasteiger partial charge in [0.25, 0.3) is 0 Å². The monoisotopic (exact) mass is 182 g/mol. The number of ether oxygens (including phenoxy) is 1. The maximum Gasteiger partial charge on any atom is 0.307 e. The summed E-state index contributed by atoms with van der Waals surface area (Å²) in [7, 11) is 1.34. The first kappa shape index (κ1) is 9.44. The van der Waals surface area contributed by atoms with Crippen molar-refractivity contribution in [2.45, 2.75) is 13.0 Å². The lowest BCUT2D eigenvalue weighted by atomic mass is 10.4. The maximum atomic E-state index is 10.7. The van der Waals surface area contributed by atoms with Crippen LogP contribution in [0.2, 0.25) is 0 Å². The molecule has 0 saturated heterocycles. The molecular weight excluding hydrogens is 172 g/mol. The Labute approximate surface area is 75.3 Å². The zero-order valence-corrected chi connectivity index (χ0v) is 7.27. The predicted octanol–water partition coefficient (Wildman–Crippen LogP) is 0.259. The third-order valence-corrected chi connectivity index (χ3v) is 1.56. The molecular formula is C8H10N2O3. The lowest BCUT2D eigenvalue weighted by Gasteiger charge is -1.98. The second-order valence-electron chi connectivity index (χ2n) is 2.48. The molecule has 1 heterocycles. The first-order chi connectivity index (χ1) is 6.26. The van der Waals surface area contributed by atoms with Crippen molar-refractivity contribution in [2.24, 2.45) is 0 Å². The molecule has 0 bridgehead atoms. The SMILES string of the molecule is COC(=O)CCn1cc(C=O)cn1. The summed E-state index contributed by atoms with van der Waals surface area (Å²) in [6.07, 6.45) is 4.00. The highest BCUT2D eigenvalue weighted by Gasteiger charge is 2.01. The van der Waals surface area contributed by atoms with Crippen LogP contribution in [0.4, 0.5) is 0 Å². The van der Waals surface area contributed by atoms with E-state index in [-0.39, 0.29) is 12.4 Å². The molecule has 0 aliphatic rings. The number of hydrogen-bond acceptors (Lipinski definition) is 4. The van der Waals surface area contributed by atoms with Gasteiger partial charge in [0, 0.05) is 6.20 Å². The highest BCUT2D eigenvalue weighted by atomic mass is 16.5. The molecule has 0 fully saturated rings. The number of nitrogens with zero attached hydrogens (tertiary/aromatic N) is 2. The number of aldehydes is 1. The van der Waals surface area contributed by atoms with Gasteiger partial charge in [0.15, 0.2) is 6.29 Å². The third-order valence-electron chi connectivity index (χ3n) is 1.56. The Morgan fingerprint density at radius 2 is 2.54 bits per heavy atom. The topological polar surface area (TPSA) is 61.2 Å². The molecule has 5 nitrogen and oxygen atoms in total. The third kappa shape index (κ3) is 2.70. The second-order valence-corrected chi connectivity index (χ2v) is 2.48. The first-order valence-electron chi connectivity index (χ1n) is 3.80. The van der Waals surface area contributed by atoms with Crippen molar-refractivity contribution < 1.29 is 14.3 Å². The molecule has 1 aromatic heterocycles. The number of hydrogen-bond donors (Lipinski definition) is 0. The Morgan fingerprint density at radius 1 is 1.77 bits per heavy atom. The van der Waals surface area contributed by atoms with Crippen LogP contribution >= 0.6 is 0 Å². The number of aromatic nitrogens is 2. The molecule has 0 radical (unpaired) electrons. The molecule has 1 rings (SSSR count). The van der Waals surface area contributed by atoms with E-state index in [0.29, 0.717) is 18.4 Å². The van der Waals surface area contributed by atoms with Crippen molar-refractivity contribution in [3.05, 3.63) is 18.0 Å². The van der Waals surface area contributed by atoms with Gasteiger partial charge in [-0.3, -0.25) is 14.3 Å². The molecule has 13 heavy (non-hydrogen) atoms. The number of aryl methyl sites for hydroxylation is 1. The van der Waals surface area contributed by atoms with Crippen molar-refractivity contribution >= 4 is 12.3 Å². The Morgan fingerprint density at radius 3 is 3.08 bits per heavy atom. The minimum Gasteiger partial charge on any atom is -0.469 e. The second kappa shape index (κ2) is 4.39. The summed E-state index contributed by atoms with van der Waals surface area (Å²) in [6.45, 7) is 0.431. The van der Waals surface area contributed by atoms with Gasteiger partial charge in [0.2, 0.25) is 0 Å². The highest BCUT2D eigenvalue weighted by Crippen LogP contribution is 1.95. The average Bonchev–Trinajstić information content (AvgIpc) is 2.61. The van der Waals surface area contributed by atoms with Crippen LogP contribution in [0.15, 0.2) is 12.4 Å². The predicted molar refractivity (Wildman–Crippen MR) is 44.2 cm³/mol. The van der Waals surface area contributed by atoms with E-state index in [9.17, 15) is 9.59 Å². The smallest absolute Gasteiger partial charge is 0.307 e. The number of carbonyl (C=O) groups excluding carboxylic acids is 2. The van der Waals surface area contributed by atoms with E-state index in [2.05, 4.69) is 9.84 Å². The average molecular weight is 182 g/mol. The van der Waals surface area contributed by atoms with Gasteiger partial charge >= 0.3 is 5.97 Å². The van der Waals surface area contributed by atoms with Crippen molar-refractivity contribution in [3.8, 4) is 0 Å². The van der Waals surface area contributed by atoms with Crippen LogP contribution in [0.5, 0.6) is 0 Å². The van der Waals surface area contributed by atoms with E-state index in [1.165, 1.54) is 18.0 Å². The fourth-order valence-corrected chi connectivity index (χ4v) is 0.871. The van der Waals surface area contributed by atoms with Crippen LogP contribution in [0, 0.1) is 0 Å². The lowest BCUT2D eigenvalue weighted by molar-refractivity contribution is -0.140. The summed E-state index contributed by atoms with van der Waals surface area (Å²) in [5, 5.41) is 3.87. The largest absolute Gasteiger partial charge is 0.469 e. The molecule has 1 aromatic rings. The number of esters is 1. The van der Waals surface area contributed by atoms with E-state index >= 15 is 0 Å². The van der Waals surface area contributed by atoms with Gasteiger partial charge in [0.1, 0.15) is 0 Å². The highest BCUT2D eigenvalue weighted by molar-refractivity contribution is 5.73. The summed E-state index contributed by atoms with van der Waals surface area (Å²) >= 11 is 0.